The summed E-state index contributed by atoms with van der Waals surface area (Å²) in [6, 6.07) is 7.84. The van der Waals surface area contributed by atoms with E-state index in [9.17, 15) is 4.79 Å². The van der Waals surface area contributed by atoms with Gasteiger partial charge in [0.15, 0.2) is 5.01 Å². The molecule has 4 N–H and O–H groups in total. The molecule has 2 aromatic heterocycles. The minimum absolute atomic E-state index is 0.124. The summed E-state index contributed by atoms with van der Waals surface area (Å²) in [5, 5.41) is 6.82. The molecule has 1 aliphatic heterocycles. The molecule has 0 fully saturated rings. The van der Waals surface area contributed by atoms with Crippen molar-refractivity contribution in [3.8, 4) is 11.3 Å². The number of nitrogens with one attached hydrogen (secondary N) is 2. The zero-order chi connectivity index (χ0) is 18.8. The first-order valence-corrected chi connectivity index (χ1v) is 9.58. The van der Waals surface area contributed by atoms with Crippen molar-refractivity contribution < 1.29 is 4.79 Å². The first-order chi connectivity index (χ1) is 13.1. The summed E-state index contributed by atoms with van der Waals surface area (Å²) in [6.45, 7) is 4.19. The van der Waals surface area contributed by atoms with Crippen molar-refractivity contribution in [2.75, 3.05) is 12.3 Å². The van der Waals surface area contributed by atoms with Crippen LogP contribution in [0.15, 0.2) is 30.5 Å². The Morgan fingerprint density at radius 2 is 2.22 bits per heavy atom. The van der Waals surface area contributed by atoms with Gasteiger partial charge in [-0.1, -0.05) is 12.1 Å². The third kappa shape index (κ3) is 3.81. The molecule has 1 aliphatic rings. The van der Waals surface area contributed by atoms with Crippen molar-refractivity contribution in [3.63, 3.8) is 0 Å². The number of nitrogens with zero attached hydrogens (tertiary/aromatic N) is 3. The lowest BCUT2D eigenvalue weighted by molar-refractivity contribution is 0.0950. The summed E-state index contributed by atoms with van der Waals surface area (Å²) in [5.74, 6) is 0.129. The molecule has 3 aromatic rings. The molecule has 0 aliphatic carbocycles. The SMILES string of the molecule is Cc1cc(-c2ccnc(N)n2)ccc1CNC(=O)c1nc2c(s1)CNCC2. The second kappa shape index (κ2) is 7.42. The highest BCUT2D eigenvalue weighted by Crippen LogP contribution is 2.23. The molecule has 0 saturated carbocycles. The van der Waals surface area contributed by atoms with Crippen LogP contribution in [0.5, 0.6) is 0 Å². The Morgan fingerprint density at radius 3 is 3.00 bits per heavy atom. The van der Waals surface area contributed by atoms with Crippen LogP contribution in [0, 0.1) is 6.92 Å². The number of thiazole rings is 1. The fourth-order valence-corrected chi connectivity index (χ4v) is 4.06. The second-order valence-electron chi connectivity index (χ2n) is 6.44. The predicted molar refractivity (Wildman–Crippen MR) is 105 cm³/mol. The third-order valence-electron chi connectivity index (χ3n) is 4.55. The van der Waals surface area contributed by atoms with Gasteiger partial charge in [0.2, 0.25) is 5.95 Å². The van der Waals surface area contributed by atoms with Gasteiger partial charge in [0, 0.05) is 42.7 Å². The van der Waals surface area contributed by atoms with Crippen LogP contribution < -0.4 is 16.4 Å². The van der Waals surface area contributed by atoms with Gasteiger partial charge in [-0.25, -0.2) is 15.0 Å². The van der Waals surface area contributed by atoms with Gasteiger partial charge in [-0.2, -0.15) is 0 Å². The Bertz CT molecular complexity index is 976. The van der Waals surface area contributed by atoms with Gasteiger partial charge in [-0.05, 0) is 30.2 Å². The Kier molecular flexibility index (Phi) is 4.83. The highest BCUT2D eigenvalue weighted by atomic mass is 32.1. The zero-order valence-electron chi connectivity index (χ0n) is 15.0. The lowest BCUT2D eigenvalue weighted by Crippen LogP contribution is -2.23. The molecule has 138 valence electrons. The van der Waals surface area contributed by atoms with Crippen molar-refractivity contribution in [2.24, 2.45) is 0 Å². The van der Waals surface area contributed by atoms with E-state index in [0.717, 1.165) is 52.5 Å². The number of carbonyl (C=O) groups excluding carboxylic acids is 1. The van der Waals surface area contributed by atoms with E-state index in [4.69, 9.17) is 5.73 Å². The number of aryl methyl sites for hydroxylation is 1. The number of hydrogen-bond acceptors (Lipinski definition) is 7. The Hall–Kier alpha value is -2.84. The molecule has 0 saturated heterocycles. The van der Waals surface area contributed by atoms with E-state index < -0.39 is 0 Å². The number of nitrogen functional groups attached to an aromatic ring is 1. The molecule has 8 heteroatoms. The number of carbonyl (C=O) groups is 1. The molecule has 7 nitrogen and oxygen atoms in total. The van der Waals surface area contributed by atoms with Gasteiger partial charge in [0.1, 0.15) is 0 Å². The predicted octanol–water partition coefficient (Wildman–Crippen LogP) is 2.07. The molecular weight excluding hydrogens is 360 g/mol. The van der Waals surface area contributed by atoms with Crippen molar-refractivity contribution >= 4 is 23.2 Å². The molecule has 3 heterocycles. The molecular formula is C19H20N6OS. The van der Waals surface area contributed by atoms with Crippen LogP contribution in [-0.4, -0.2) is 27.4 Å². The normalized spacial score (nSPS) is 13.2. The smallest absolute Gasteiger partial charge is 0.280 e. The first kappa shape index (κ1) is 17.6. The molecule has 0 radical (unpaired) electrons. The van der Waals surface area contributed by atoms with E-state index in [-0.39, 0.29) is 11.9 Å². The quantitative estimate of drug-likeness (QED) is 0.640. The van der Waals surface area contributed by atoms with Gasteiger partial charge >= 0.3 is 0 Å². The van der Waals surface area contributed by atoms with Gasteiger partial charge in [-0.3, -0.25) is 4.79 Å². The van der Waals surface area contributed by atoms with E-state index in [0.29, 0.717) is 11.6 Å². The minimum atomic E-state index is -0.124. The second-order valence-corrected chi connectivity index (χ2v) is 7.52. The average molecular weight is 380 g/mol. The summed E-state index contributed by atoms with van der Waals surface area (Å²) in [4.78, 5) is 26.3. The molecule has 0 unspecified atom stereocenters. The molecule has 0 bridgehead atoms. The Balaban J connectivity index is 1.45. The standard InChI is InChI=1S/C19H20N6OS/c1-11-8-12(14-5-7-22-19(20)25-14)2-3-13(11)9-23-17(26)18-24-15-4-6-21-10-16(15)27-18/h2-3,5,7-8,21H,4,6,9-10H2,1H3,(H,23,26)(H2,20,22,25). The largest absolute Gasteiger partial charge is 0.368 e. The number of nitrogens with two attached hydrogens (primary N) is 1. The van der Waals surface area contributed by atoms with Gasteiger partial charge in [-0.15, -0.1) is 11.3 Å². The maximum absolute atomic E-state index is 12.5. The third-order valence-corrected chi connectivity index (χ3v) is 5.64. The van der Waals surface area contributed by atoms with Crippen LogP contribution in [0.2, 0.25) is 0 Å². The topological polar surface area (TPSA) is 106 Å². The number of rotatable bonds is 4. The highest BCUT2D eigenvalue weighted by molar-refractivity contribution is 7.13. The molecule has 0 atom stereocenters. The number of hydrogen-bond donors (Lipinski definition) is 3. The van der Waals surface area contributed by atoms with Crippen LogP contribution in [0.25, 0.3) is 11.3 Å². The monoisotopic (exact) mass is 380 g/mol. The fraction of sp³-hybridized carbons (Fsp3) is 0.263. The summed E-state index contributed by atoms with van der Waals surface area (Å²) in [5.41, 5.74) is 10.6. The van der Waals surface area contributed by atoms with Crippen molar-refractivity contribution in [3.05, 3.63) is 57.2 Å². The Morgan fingerprint density at radius 1 is 1.33 bits per heavy atom. The van der Waals surface area contributed by atoms with E-state index in [1.807, 2.05) is 31.2 Å². The molecule has 1 amide bonds. The lowest BCUT2D eigenvalue weighted by Gasteiger charge is -2.09. The number of aromatic nitrogens is 3. The van der Waals surface area contributed by atoms with Crippen molar-refractivity contribution in [2.45, 2.75) is 26.4 Å². The van der Waals surface area contributed by atoms with Gasteiger partial charge in [0.25, 0.3) is 5.91 Å². The number of amides is 1. The number of benzene rings is 1. The fourth-order valence-electron chi connectivity index (χ4n) is 3.06. The van der Waals surface area contributed by atoms with Crippen LogP contribution in [0.4, 0.5) is 5.95 Å². The molecule has 1 aromatic carbocycles. The summed E-state index contributed by atoms with van der Waals surface area (Å²) in [7, 11) is 0. The van der Waals surface area contributed by atoms with E-state index in [2.05, 4.69) is 25.6 Å². The first-order valence-electron chi connectivity index (χ1n) is 8.76. The van der Waals surface area contributed by atoms with Crippen LogP contribution in [0.1, 0.15) is 31.5 Å². The van der Waals surface area contributed by atoms with Gasteiger partial charge in [0.05, 0.1) is 11.4 Å². The van der Waals surface area contributed by atoms with Crippen LogP contribution in [-0.2, 0) is 19.5 Å². The van der Waals surface area contributed by atoms with Crippen molar-refractivity contribution in [1.29, 1.82) is 0 Å². The summed E-state index contributed by atoms with van der Waals surface area (Å²) < 4.78 is 0. The van der Waals surface area contributed by atoms with Crippen LogP contribution >= 0.6 is 11.3 Å². The number of anilines is 1. The van der Waals surface area contributed by atoms with Crippen molar-refractivity contribution in [1.82, 2.24) is 25.6 Å². The molecule has 27 heavy (non-hydrogen) atoms. The van der Waals surface area contributed by atoms with E-state index >= 15 is 0 Å². The maximum atomic E-state index is 12.5. The zero-order valence-corrected chi connectivity index (χ0v) is 15.8. The molecule has 4 rings (SSSR count). The average Bonchev–Trinajstić information content (AvgIpc) is 3.11. The summed E-state index contributed by atoms with van der Waals surface area (Å²) in [6.07, 6.45) is 2.53. The Labute approximate surface area is 161 Å². The highest BCUT2D eigenvalue weighted by Gasteiger charge is 2.18. The van der Waals surface area contributed by atoms with Crippen LogP contribution in [0.3, 0.4) is 0 Å². The minimum Gasteiger partial charge on any atom is -0.368 e. The lowest BCUT2D eigenvalue weighted by atomic mass is 10.0. The molecule has 0 spiro atoms. The maximum Gasteiger partial charge on any atom is 0.280 e. The van der Waals surface area contributed by atoms with Gasteiger partial charge < -0.3 is 16.4 Å². The summed E-state index contributed by atoms with van der Waals surface area (Å²) >= 11 is 1.47. The van der Waals surface area contributed by atoms with E-state index in [1.165, 1.54) is 11.3 Å². The van der Waals surface area contributed by atoms with E-state index in [1.54, 1.807) is 6.20 Å². The number of fused-ring (bicyclic) bond motifs is 1.